The van der Waals surface area contributed by atoms with E-state index in [0.29, 0.717) is 0 Å². The molecule has 4 aliphatic rings. The average molecular weight is 507 g/mol. The summed E-state index contributed by atoms with van der Waals surface area (Å²) in [5.74, 6) is 0. The van der Waals surface area contributed by atoms with Gasteiger partial charge in [-0.15, -0.1) is 0 Å². The molecule has 4 aromatic rings. The minimum atomic E-state index is 1.13. The zero-order valence-electron chi connectivity index (χ0n) is 23.4. The molecule has 4 aliphatic carbocycles. The van der Waals surface area contributed by atoms with Crippen LogP contribution in [-0.4, -0.2) is 0 Å². The summed E-state index contributed by atoms with van der Waals surface area (Å²) in [4.78, 5) is 0. The summed E-state index contributed by atoms with van der Waals surface area (Å²) in [6.07, 6.45) is 16.2. The predicted molar refractivity (Wildman–Crippen MR) is 167 cm³/mol. The molecule has 0 fully saturated rings. The lowest BCUT2D eigenvalue weighted by Gasteiger charge is -2.26. The van der Waals surface area contributed by atoms with Gasteiger partial charge in [0.15, 0.2) is 0 Å². The van der Waals surface area contributed by atoms with E-state index in [1.807, 2.05) is 0 Å². The summed E-state index contributed by atoms with van der Waals surface area (Å²) < 4.78 is 0. The quantitative estimate of drug-likeness (QED) is 0.237. The van der Waals surface area contributed by atoms with Crippen molar-refractivity contribution in [3.05, 3.63) is 128 Å². The fourth-order valence-electron chi connectivity index (χ4n) is 7.31. The molecule has 8 rings (SSSR count). The zero-order chi connectivity index (χ0) is 26.3. The van der Waals surface area contributed by atoms with Crippen molar-refractivity contribution in [2.75, 3.05) is 0 Å². The minimum absolute atomic E-state index is 1.13. The number of allylic oxidation sites excluding steroid dienone is 2. The number of hydrogen-bond acceptors (Lipinski definition) is 0. The van der Waals surface area contributed by atoms with Gasteiger partial charge in [-0.2, -0.15) is 0 Å². The molecular formula is C39H38. The van der Waals surface area contributed by atoms with Crippen molar-refractivity contribution >= 4 is 12.2 Å². The summed E-state index contributed by atoms with van der Waals surface area (Å²) in [5.41, 5.74) is 21.3. The highest BCUT2D eigenvalue weighted by Crippen LogP contribution is 2.43. The number of fused-ring (bicyclic) bond motifs is 4. The molecule has 0 atom stereocenters. The first-order chi connectivity index (χ1) is 19.2. The molecule has 0 saturated heterocycles. The van der Waals surface area contributed by atoms with E-state index in [9.17, 15) is 0 Å². The Balaban J connectivity index is 0.000000131. The average Bonchev–Trinajstić information content (AvgIpc) is 3.41. The van der Waals surface area contributed by atoms with Crippen molar-refractivity contribution in [3.63, 3.8) is 0 Å². The maximum atomic E-state index is 2.51. The topological polar surface area (TPSA) is 0 Å². The second-order valence-electron chi connectivity index (χ2n) is 12.0. The van der Waals surface area contributed by atoms with Crippen LogP contribution < -0.4 is 0 Å². The van der Waals surface area contributed by atoms with Gasteiger partial charge in [0, 0.05) is 0 Å². The Morgan fingerprint density at radius 2 is 1.13 bits per heavy atom. The van der Waals surface area contributed by atoms with Gasteiger partial charge in [-0.25, -0.2) is 0 Å². The summed E-state index contributed by atoms with van der Waals surface area (Å²) in [7, 11) is 0. The first-order valence-electron chi connectivity index (χ1n) is 15.0. The Hall–Kier alpha value is -3.64. The third-order valence-electron chi connectivity index (χ3n) is 9.18. The first-order valence-corrected chi connectivity index (χ1v) is 15.0. The van der Waals surface area contributed by atoms with Crippen molar-refractivity contribution in [2.24, 2.45) is 0 Å². The van der Waals surface area contributed by atoms with Crippen LogP contribution in [0, 0.1) is 0 Å². The van der Waals surface area contributed by atoms with Gasteiger partial charge < -0.3 is 0 Å². The third kappa shape index (κ3) is 4.51. The van der Waals surface area contributed by atoms with Gasteiger partial charge in [-0.3, -0.25) is 0 Å². The largest absolute Gasteiger partial charge is 0.0683 e. The van der Waals surface area contributed by atoms with Crippen molar-refractivity contribution in [2.45, 2.75) is 71.6 Å². The highest BCUT2D eigenvalue weighted by atomic mass is 14.3. The summed E-state index contributed by atoms with van der Waals surface area (Å²) >= 11 is 0. The molecule has 0 heterocycles. The van der Waals surface area contributed by atoms with Gasteiger partial charge in [-0.05, 0) is 132 Å². The van der Waals surface area contributed by atoms with Gasteiger partial charge >= 0.3 is 0 Å². The van der Waals surface area contributed by atoms with E-state index in [2.05, 4.69) is 98.8 Å². The Kier molecular flexibility index (Phi) is 6.36. The molecular weight excluding hydrogens is 468 g/mol. The molecule has 0 nitrogen and oxygen atoms in total. The van der Waals surface area contributed by atoms with E-state index < -0.39 is 0 Å². The summed E-state index contributed by atoms with van der Waals surface area (Å²) in [6, 6.07) is 26.8. The Bertz CT molecular complexity index is 1610. The molecule has 39 heavy (non-hydrogen) atoms. The number of hydrogen-bond donors (Lipinski definition) is 0. The second-order valence-corrected chi connectivity index (χ2v) is 12.0. The highest BCUT2D eigenvalue weighted by Gasteiger charge is 2.26. The smallest absolute Gasteiger partial charge is 0.00543 e. The molecule has 0 N–H and O–H groups in total. The molecule has 0 radical (unpaired) electrons. The number of aryl methyl sites for hydroxylation is 2. The second kappa shape index (κ2) is 10.2. The fraction of sp³-hybridized carbons (Fsp3) is 0.282. The molecule has 0 heteroatoms. The molecule has 0 unspecified atom stereocenters. The van der Waals surface area contributed by atoms with E-state index in [1.165, 1.54) is 89.5 Å². The van der Waals surface area contributed by atoms with Crippen LogP contribution in [0.3, 0.4) is 0 Å². The predicted octanol–water partition coefficient (Wildman–Crippen LogP) is 9.99. The van der Waals surface area contributed by atoms with E-state index in [-0.39, 0.29) is 0 Å². The van der Waals surface area contributed by atoms with Crippen LogP contribution in [0.2, 0.25) is 0 Å². The van der Waals surface area contributed by atoms with Gasteiger partial charge in [0.2, 0.25) is 0 Å². The molecule has 0 aromatic heterocycles. The van der Waals surface area contributed by atoms with Crippen LogP contribution in [0.4, 0.5) is 0 Å². The van der Waals surface area contributed by atoms with Crippen LogP contribution in [0.1, 0.15) is 77.6 Å². The normalized spacial score (nSPS) is 16.4. The number of benzene rings is 4. The molecule has 0 spiro atoms. The zero-order valence-corrected chi connectivity index (χ0v) is 23.4. The van der Waals surface area contributed by atoms with Gasteiger partial charge in [0.1, 0.15) is 0 Å². The van der Waals surface area contributed by atoms with Crippen LogP contribution in [-0.2, 0) is 38.5 Å². The van der Waals surface area contributed by atoms with Crippen molar-refractivity contribution < 1.29 is 0 Å². The van der Waals surface area contributed by atoms with E-state index in [1.54, 1.807) is 33.4 Å². The van der Waals surface area contributed by atoms with Crippen LogP contribution in [0.5, 0.6) is 0 Å². The monoisotopic (exact) mass is 506 g/mol. The van der Waals surface area contributed by atoms with E-state index in [4.69, 9.17) is 0 Å². The SMILES string of the molecule is CC1=Cc2c(cc3c(c2-c2ccccc2)CCCCC3)C1.CC1=Cc2cc3c(c(-c4ccccc4)c2C1)CC3. The molecule has 0 bridgehead atoms. The highest BCUT2D eigenvalue weighted by molar-refractivity contribution is 5.84. The summed E-state index contributed by atoms with van der Waals surface area (Å²) in [5, 5.41) is 0. The van der Waals surface area contributed by atoms with Crippen LogP contribution in [0.25, 0.3) is 34.4 Å². The lowest BCUT2D eigenvalue weighted by atomic mass is 9.78. The lowest BCUT2D eigenvalue weighted by molar-refractivity contribution is 0.712. The Morgan fingerprint density at radius 1 is 0.487 bits per heavy atom. The van der Waals surface area contributed by atoms with Gasteiger partial charge in [0.25, 0.3) is 0 Å². The van der Waals surface area contributed by atoms with E-state index in [0.717, 1.165) is 12.8 Å². The lowest BCUT2D eigenvalue weighted by Crippen LogP contribution is -2.12. The van der Waals surface area contributed by atoms with Crippen LogP contribution in [0.15, 0.2) is 83.9 Å². The molecule has 0 aliphatic heterocycles. The van der Waals surface area contributed by atoms with Crippen molar-refractivity contribution in [1.29, 1.82) is 0 Å². The van der Waals surface area contributed by atoms with Crippen molar-refractivity contribution in [1.82, 2.24) is 0 Å². The molecule has 0 saturated carbocycles. The van der Waals surface area contributed by atoms with E-state index >= 15 is 0 Å². The Morgan fingerprint density at radius 3 is 1.85 bits per heavy atom. The molecule has 4 aromatic carbocycles. The summed E-state index contributed by atoms with van der Waals surface area (Å²) in [6.45, 7) is 4.51. The van der Waals surface area contributed by atoms with Crippen LogP contribution >= 0.6 is 0 Å². The first kappa shape index (κ1) is 24.4. The fourth-order valence-corrected chi connectivity index (χ4v) is 7.31. The van der Waals surface area contributed by atoms with Crippen molar-refractivity contribution in [3.8, 4) is 22.3 Å². The van der Waals surface area contributed by atoms with Gasteiger partial charge in [0.05, 0.1) is 0 Å². The third-order valence-corrected chi connectivity index (χ3v) is 9.18. The number of rotatable bonds is 2. The van der Waals surface area contributed by atoms with Gasteiger partial charge in [-0.1, -0.05) is 103 Å². The standard InChI is InChI=1S/C21H22.C18H16/c1-15-12-18-14-17-10-6-3-7-11-19(17)21(20(18)13-15)16-8-4-2-5-9-16;1-12-9-15-11-14-7-8-16(14)18(17(15)10-12)13-5-3-2-4-6-13/h2,4-5,8-9,13-14H,3,6-7,10-12H2,1H3;2-6,9,11H,7-8,10H2,1H3. The Labute approximate surface area is 234 Å². The molecule has 0 amide bonds. The minimum Gasteiger partial charge on any atom is -0.0683 e. The molecule has 194 valence electrons. The maximum absolute atomic E-state index is 2.51. The maximum Gasteiger partial charge on any atom is -0.00543 e.